The fraction of sp³-hybridized carbons (Fsp3) is 1.00. The van der Waals surface area contributed by atoms with Gasteiger partial charge in [-0.25, -0.2) is 0 Å². The van der Waals surface area contributed by atoms with Crippen LogP contribution in [0.5, 0.6) is 0 Å². The number of hydrogen-bond acceptors (Lipinski definition) is 2. The minimum absolute atomic E-state index is 0.540. The Morgan fingerprint density at radius 2 is 2.21 bits per heavy atom. The molecule has 0 aromatic heterocycles. The van der Waals surface area contributed by atoms with Gasteiger partial charge in [-0.05, 0) is 37.6 Å². The molecule has 3 atom stereocenters. The van der Waals surface area contributed by atoms with E-state index in [4.69, 9.17) is 0 Å². The van der Waals surface area contributed by atoms with Crippen molar-refractivity contribution in [3.8, 4) is 0 Å². The first kappa shape index (κ1) is 10.4. The fourth-order valence-electron chi connectivity index (χ4n) is 3.10. The van der Waals surface area contributed by atoms with Crippen molar-refractivity contribution in [3.05, 3.63) is 0 Å². The van der Waals surface area contributed by atoms with Crippen LogP contribution in [0.3, 0.4) is 0 Å². The van der Waals surface area contributed by atoms with Crippen molar-refractivity contribution in [2.45, 2.75) is 39.7 Å². The van der Waals surface area contributed by atoms with Gasteiger partial charge in [-0.15, -0.1) is 0 Å². The summed E-state index contributed by atoms with van der Waals surface area (Å²) in [5.41, 5.74) is 0.540. The minimum atomic E-state index is 0.540. The van der Waals surface area contributed by atoms with E-state index in [1.54, 1.807) is 0 Å². The maximum absolute atomic E-state index is 3.49. The highest BCUT2D eigenvalue weighted by Gasteiger charge is 2.35. The first-order valence-corrected chi connectivity index (χ1v) is 6.04. The predicted molar refractivity (Wildman–Crippen MR) is 60.4 cm³/mol. The van der Waals surface area contributed by atoms with Gasteiger partial charge < -0.3 is 5.32 Å². The third-order valence-corrected chi connectivity index (χ3v) is 3.95. The Bertz CT molecular complexity index is 196. The minimum Gasteiger partial charge on any atom is -0.316 e. The summed E-state index contributed by atoms with van der Waals surface area (Å²) < 4.78 is 0. The van der Waals surface area contributed by atoms with E-state index in [1.165, 1.54) is 39.0 Å². The summed E-state index contributed by atoms with van der Waals surface area (Å²) in [6.45, 7) is 12.2. The lowest BCUT2D eigenvalue weighted by Gasteiger charge is -2.31. The summed E-state index contributed by atoms with van der Waals surface area (Å²) >= 11 is 0. The standard InChI is InChI=1S/C12H24N2/c1-10-6-11(2)14(7-10)9-12(3)4-5-13-8-12/h10-11,13H,4-9H2,1-3H3. The van der Waals surface area contributed by atoms with E-state index >= 15 is 0 Å². The van der Waals surface area contributed by atoms with E-state index in [0.29, 0.717) is 5.41 Å². The van der Waals surface area contributed by atoms with Gasteiger partial charge in [-0.2, -0.15) is 0 Å². The lowest BCUT2D eigenvalue weighted by atomic mass is 9.89. The Hall–Kier alpha value is -0.0800. The van der Waals surface area contributed by atoms with Crippen LogP contribution in [0.4, 0.5) is 0 Å². The molecule has 0 aliphatic carbocycles. The van der Waals surface area contributed by atoms with Gasteiger partial charge in [0, 0.05) is 25.7 Å². The molecule has 0 radical (unpaired) electrons. The lowest BCUT2D eigenvalue weighted by molar-refractivity contribution is 0.170. The van der Waals surface area contributed by atoms with E-state index in [1.807, 2.05) is 0 Å². The van der Waals surface area contributed by atoms with Crippen LogP contribution in [0, 0.1) is 11.3 Å². The molecule has 0 saturated carbocycles. The number of nitrogens with one attached hydrogen (secondary N) is 1. The van der Waals surface area contributed by atoms with E-state index in [2.05, 4.69) is 31.0 Å². The Morgan fingerprint density at radius 3 is 2.71 bits per heavy atom. The van der Waals surface area contributed by atoms with Gasteiger partial charge in [0.15, 0.2) is 0 Å². The smallest absolute Gasteiger partial charge is 0.00702 e. The molecule has 2 nitrogen and oxygen atoms in total. The molecule has 0 spiro atoms. The second-order valence-electron chi connectivity index (χ2n) is 5.86. The molecule has 2 aliphatic rings. The molecule has 0 aromatic rings. The first-order chi connectivity index (χ1) is 6.59. The highest BCUT2D eigenvalue weighted by Crippen LogP contribution is 2.30. The van der Waals surface area contributed by atoms with Crippen molar-refractivity contribution in [1.82, 2.24) is 10.2 Å². The maximum atomic E-state index is 3.49. The third-order valence-electron chi connectivity index (χ3n) is 3.95. The van der Waals surface area contributed by atoms with Crippen LogP contribution < -0.4 is 5.32 Å². The normalized spacial score (nSPS) is 44.8. The summed E-state index contributed by atoms with van der Waals surface area (Å²) in [5.74, 6) is 0.906. The quantitative estimate of drug-likeness (QED) is 0.723. The zero-order chi connectivity index (χ0) is 10.2. The second-order valence-corrected chi connectivity index (χ2v) is 5.86. The van der Waals surface area contributed by atoms with Crippen LogP contribution in [0.1, 0.15) is 33.6 Å². The van der Waals surface area contributed by atoms with Crippen LogP contribution >= 0.6 is 0 Å². The zero-order valence-corrected chi connectivity index (χ0v) is 9.84. The summed E-state index contributed by atoms with van der Waals surface area (Å²) in [6, 6.07) is 0.808. The lowest BCUT2D eigenvalue weighted by Crippen LogP contribution is -2.39. The number of hydrogen-bond donors (Lipinski definition) is 1. The molecule has 0 amide bonds. The average molecular weight is 196 g/mol. The van der Waals surface area contributed by atoms with E-state index in [-0.39, 0.29) is 0 Å². The molecule has 2 saturated heterocycles. The highest BCUT2D eigenvalue weighted by atomic mass is 15.2. The van der Waals surface area contributed by atoms with Gasteiger partial charge in [-0.3, -0.25) is 4.90 Å². The zero-order valence-electron chi connectivity index (χ0n) is 9.84. The Morgan fingerprint density at radius 1 is 1.43 bits per heavy atom. The number of rotatable bonds is 2. The van der Waals surface area contributed by atoms with Crippen molar-refractivity contribution in [2.24, 2.45) is 11.3 Å². The summed E-state index contributed by atoms with van der Waals surface area (Å²) in [4.78, 5) is 2.69. The molecule has 3 unspecified atom stereocenters. The van der Waals surface area contributed by atoms with Gasteiger partial charge in [0.1, 0.15) is 0 Å². The number of nitrogens with zero attached hydrogens (tertiary/aromatic N) is 1. The Balaban J connectivity index is 1.90. The van der Waals surface area contributed by atoms with Crippen LogP contribution in [0.15, 0.2) is 0 Å². The van der Waals surface area contributed by atoms with Crippen LogP contribution in [0.2, 0.25) is 0 Å². The molecule has 82 valence electrons. The van der Waals surface area contributed by atoms with Crippen LogP contribution in [0.25, 0.3) is 0 Å². The van der Waals surface area contributed by atoms with E-state index in [0.717, 1.165) is 12.0 Å². The molecule has 14 heavy (non-hydrogen) atoms. The van der Waals surface area contributed by atoms with E-state index in [9.17, 15) is 0 Å². The van der Waals surface area contributed by atoms with Crippen LogP contribution in [-0.4, -0.2) is 37.1 Å². The van der Waals surface area contributed by atoms with Gasteiger partial charge in [-0.1, -0.05) is 13.8 Å². The average Bonchev–Trinajstić information content (AvgIpc) is 2.61. The monoisotopic (exact) mass is 196 g/mol. The Labute approximate surface area is 88.1 Å². The van der Waals surface area contributed by atoms with Crippen molar-refractivity contribution in [1.29, 1.82) is 0 Å². The number of likely N-dealkylation sites (tertiary alicyclic amines) is 1. The first-order valence-electron chi connectivity index (χ1n) is 6.04. The maximum Gasteiger partial charge on any atom is 0.00702 e. The molecular formula is C12H24N2. The molecule has 0 bridgehead atoms. The summed E-state index contributed by atoms with van der Waals surface area (Å²) in [7, 11) is 0. The van der Waals surface area contributed by atoms with E-state index < -0.39 is 0 Å². The predicted octanol–water partition coefficient (Wildman–Crippen LogP) is 1.72. The molecule has 0 aromatic carbocycles. The SMILES string of the molecule is CC1CC(C)N(CC2(C)CCNC2)C1. The van der Waals surface area contributed by atoms with Crippen molar-refractivity contribution >= 4 is 0 Å². The molecule has 2 aliphatic heterocycles. The third kappa shape index (κ3) is 2.12. The molecule has 2 heterocycles. The van der Waals surface area contributed by atoms with Crippen LogP contribution in [-0.2, 0) is 0 Å². The highest BCUT2D eigenvalue weighted by molar-refractivity contribution is 4.90. The summed E-state index contributed by atoms with van der Waals surface area (Å²) in [5, 5.41) is 3.49. The molecular weight excluding hydrogens is 172 g/mol. The van der Waals surface area contributed by atoms with Crippen molar-refractivity contribution in [2.75, 3.05) is 26.2 Å². The molecule has 2 rings (SSSR count). The van der Waals surface area contributed by atoms with Gasteiger partial charge in [0.25, 0.3) is 0 Å². The molecule has 2 fully saturated rings. The van der Waals surface area contributed by atoms with Crippen molar-refractivity contribution in [3.63, 3.8) is 0 Å². The topological polar surface area (TPSA) is 15.3 Å². The largest absolute Gasteiger partial charge is 0.316 e. The second kappa shape index (κ2) is 3.82. The van der Waals surface area contributed by atoms with Gasteiger partial charge in [0.2, 0.25) is 0 Å². The molecule has 2 heteroatoms. The molecule has 1 N–H and O–H groups in total. The van der Waals surface area contributed by atoms with Gasteiger partial charge in [0.05, 0.1) is 0 Å². The fourth-order valence-corrected chi connectivity index (χ4v) is 3.10. The summed E-state index contributed by atoms with van der Waals surface area (Å²) in [6.07, 6.45) is 2.74. The van der Waals surface area contributed by atoms with Gasteiger partial charge >= 0.3 is 0 Å². The van der Waals surface area contributed by atoms with Crippen molar-refractivity contribution < 1.29 is 0 Å². The Kier molecular flexibility index (Phi) is 2.85.